The third kappa shape index (κ3) is 2.71. The van der Waals surface area contributed by atoms with E-state index in [2.05, 4.69) is 44.3 Å². The van der Waals surface area contributed by atoms with E-state index in [1.165, 1.54) is 31.2 Å². The molecule has 0 heterocycles. The van der Waals surface area contributed by atoms with Crippen molar-refractivity contribution in [3.8, 4) is 0 Å². The lowest BCUT2D eigenvalue weighted by Crippen LogP contribution is -2.26. The molecule has 2 atom stereocenters. The number of aryl methyl sites for hydroxylation is 2. The lowest BCUT2D eigenvalue weighted by molar-refractivity contribution is 0.383. The zero-order valence-electron chi connectivity index (χ0n) is 11.4. The van der Waals surface area contributed by atoms with Crippen LogP contribution in [0.1, 0.15) is 56.3 Å². The third-order valence-corrected chi connectivity index (χ3v) is 4.12. The average Bonchev–Trinajstić information content (AvgIpc) is 2.82. The van der Waals surface area contributed by atoms with Crippen LogP contribution < -0.4 is 5.32 Å². The molecular weight excluding hydrogens is 206 g/mol. The largest absolute Gasteiger partial charge is 0.310 e. The summed E-state index contributed by atoms with van der Waals surface area (Å²) in [5, 5.41) is 3.64. The smallest absolute Gasteiger partial charge is 0.0345 e. The highest BCUT2D eigenvalue weighted by atomic mass is 14.9. The Morgan fingerprint density at radius 1 is 1.18 bits per heavy atom. The highest BCUT2D eigenvalue weighted by Crippen LogP contribution is 2.29. The van der Waals surface area contributed by atoms with Crippen LogP contribution >= 0.6 is 0 Å². The van der Waals surface area contributed by atoms with Crippen LogP contribution in [0, 0.1) is 5.92 Å². The fourth-order valence-corrected chi connectivity index (χ4v) is 2.89. The second-order valence-electron chi connectivity index (χ2n) is 5.30. The van der Waals surface area contributed by atoms with Crippen molar-refractivity contribution >= 4 is 0 Å². The van der Waals surface area contributed by atoms with Gasteiger partial charge in [-0.15, -0.1) is 0 Å². The van der Waals surface area contributed by atoms with Crippen LogP contribution in [0.15, 0.2) is 18.2 Å². The van der Waals surface area contributed by atoms with Crippen LogP contribution in [0.5, 0.6) is 0 Å². The molecule has 1 aliphatic rings. The van der Waals surface area contributed by atoms with Crippen molar-refractivity contribution in [1.29, 1.82) is 0 Å². The van der Waals surface area contributed by atoms with Gasteiger partial charge in [-0.3, -0.25) is 0 Å². The van der Waals surface area contributed by atoms with Crippen LogP contribution in [0.2, 0.25) is 0 Å². The SMILES string of the molecule is CCNC(c1ccc2c(c1)CCC2)C(C)CC. The lowest BCUT2D eigenvalue weighted by Gasteiger charge is -2.25. The first-order chi connectivity index (χ1) is 8.26. The van der Waals surface area contributed by atoms with Gasteiger partial charge in [0.15, 0.2) is 0 Å². The summed E-state index contributed by atoms with van der Waals surface area (Å²) in [6.45, 7) is 7.87. The fraction of sp³-hybridized carbons (Fsp3) is 0.625. The summed E-state index contributed by atoms with van der Waals surface area (Å²) in [5.41, 5.74) is 4.66. The lowest BCUT2D eigenvalue weighted by atomic mass is 9.90. The second kappa shape index (κ2) is 5.68. The van der Waals surface area contributed by atoms with E-state index in [9.17, 15) is 0 Å². The van der Waals surface area contributed by atoms with Gasteiger partial charge in [-0.2, -0.15) is 0 Å². The molecule has 1 nitrogen and oxygen atoms in total. The highest BCUT2D eigenvalue weighted by molar-refractivity contribution is 5.36. The summed E-state index contributed by atoms with van der Waals surface area (Å²) in [5.74, 6) is 0.703. The maximum absolute atomic E-state index is 3.64. The minimum Gasteiger partial charge on any atom is -0.310 e. The van der Waals surface area contributed by atoms with E-state index in [0.717, 1.165) is 6.54 Å². The van der Waals surface area contributed by atoms with Gasteiger partial charge in [0.1, 0.15) is 0 Å². The van der Waals surface area contributed by atoms with E-state index in [1.54, 1.807) is 11.1 Å². The van der Waals surface area contributed by atoms with E-state index in [-0.39, 0.29) is 0 Å². The van der Waals surface area contributed by atoms with E-state index >= 15 is 0 Å². The predicted octanol–water partition coefficient (Wildman–Crippen LogP) is 3.87. The molecule has 0 amide bonds. The quantitative estimate of drug-likeness (QED) is 0.811. The molecule has 17 heavy (non-hydrogen) atoms. The van der Waals surface area contributed by atoms with E-state index in [1.807, 2.05) is 0 Å². The Kier molecular flexibility index (Phi) is 4.22. The number of hydrogen-bond donors (Lipinski definition) is 1. The van der Waals surface area contributed by atoms with Crippen molar-refractivity contribution in [3.05, 3.63) is 34.9 Å². The summed E-state index contributed by atoms with van der Waals surface area (Å²) in [6.07, 6.45) is 5.14. The second-order valence-corrected chi connectivity index (χ2v) is 5.30. The monoisotopic (exact) mass is 231 g/mol. The first kappa shape index (κ1) is 12.6. The standard InChI is InChI=1S/C16H25N/c1-4-12(3)16(17-5-2)15-10-9-13-7-6-8-14(13)11-15/h9-12,16-17H,4-8H2,1-3H3. The number of rotatable bonds is 5. The maximum Gasteiger partial charge on any atom is 0.0345 e. The molecule has 1 aromatic rings. The van der Waals surface area contributed by atoms with Gasteiger partial charge in [0.25, 0.3) is 0 Å². The van der Waals surface area contributed by atoms with Gasteiger partial charge in [-0.25, -0.2) is 0 Å². The van der Waals surface area contributed by atoms with Gasteiger partial charge in [0.05, 0.1) is 0 Å². The highest BCUT2D eigenvalue weighted by Gasteiger charge is 2.19. The Morgan fingerprint density at radius 2 is 1.94 bits per heavy atom. The summed E-state index contributed by atoms with van der Waals surface area (Å²) < 4.78 is 0. The number of nitrogens with one attached hydrogen (secondary N) is 1. The van der Waals surface area contributed by atoms with Crippen molar-refractivity contribution in [2.75, 3.05) is 6.54 Å². The molecule has 1 aliphatic carbocycles. The fourth-order valence-electron chi connectivity index (χ4n) is 2.89. The summed E-state index contributed by atoms with van der Waals surface area (Å²) >= 11 is 0. The Labute approximate surface area is 106 Å². The molecule has 0 aliphatic heterocycles. The Balaban J connectivity index is 2.23. The molecule has 2 rings (SSSR count). The Bertz CT molecular complexity index is 370. The van der Waals surface area contributed by atoms with Crippen LogP contribution in [-0.2, 0) is 12.8 Å². The molecule has 0 aromatic heterocycles. The molecule has 0 saturated carbocycles. The van der Waals surface area contributed by atoms with Gasteiger partial charge in [-0.05, 0) is 48.4 Å². The molecule has 0 bridgehead atoms. The van der Waals surface area contributed by atoms with Gasteiger partial charge in [-0.1, -0.05) is 45.4 Å². The van der Waals surface area contributed by atoms with Crippen LogP contribution in [0.3, 0.4) is 0 Å². The zero-order chi connectivity index (χ0) is 12.3. The predicted molar refractivity (Wildman–Crippen MR) is 74.3 cm³/mol. The van der Waals surface area contributed by atoms with E-state index in [4.69, 9.17) is 0 Å². The molecule has 0 radical (unpaired) electrons. The Hall–Kier alpha value is -0.820. The van der Waals surface area contributed by atoms with Crippen LogP contribution in [-0.4, -0.2) is 6.54 Å². The molecule has 0 saturated heterocycles. The van der Waals surface area contributed by atoms with Crippen molar-refractivity contribution < 1.29 is 0 Å². The molecule has 1 heteroatoms. The molecule has 1 aromatic carbocycles. The molecular formula is C16H25N. The average molecular weight is 231 g/mol. The van der Waals surface area contributed by atoms with Gasteiger partial charge in [0, 0.05) is 6.04 Å². The normalized spacial score (nSPS) is 17.8. The van der Waals surface area contributed by atoms with Crippen molar-refractivity contribution in [1.82, 2.24) is 5.32 Å². The minimum absolute atomic E-state index is 0.524. The number of hydrogen-bond acceptors (Lipinski definition) is 1. The van der Waals surface area contributed by atoms with Gasteiger partial charge >= 0.3 is 0 Å². The first-order valence-corrected chi connectivity index (χ1v) is 7.11. The minimum atomic E-state index is 0.524. The van der Waals surface area contributed by atoms with Crippen molar-refractivity contribution in [2.24, 2.45) is 5.92 Å². The summed E-state index contributed by atoms with van der Waals surface area (Å²) in [4.78, 5) is 0. The summed E-state index contributed by atoms with van der Waals surface area (Å²) in [6, 6.07) is 7.66. The molecule has 0 fully saturated rings. The molecule has 1 N–H and O–H groups in total. The van der Waals surface area contributed by atoms with E-state index in [0.29, 0.717) is 12.0 Å². The zero-order valence-corrected chi connectivity index (χ0v) is 11.4. The van der Waals surface area contributed by atoms with Gasteiger partial charge in [0.2, 0.25) is 0 Å². The van der Waals surface area contributed by atoms with Crippen LogP contribution in [0.4, 0.5) is 0 Å². The molecule has 94 valence electrons. The van der Waals surface area contributed by atoms with Crippen molar-refractivity contribution in [3.63, 3.8) is 0 Å². The first-order valence-electron chi connectivity index (χ1n) is 7.11. The number of fused-ring (bicyclic) bond motifs is 1. The summed E-state index contributed by atoms with van der Waals surface area (Å²) in [7, 11) is 0. The molecule has 0 spiro atoms. The van der Waals surface area contributed by atoms with E-state index < -0.39 is 0 Å². The topological polar surface area (TPSA) is 12.0 Å². The van der Waals surface area contributed by atoms with Crippen molar-refractivity contribution in [2.45, 2.75) is 52.5 Å². The maximum atomic E-state index is 3.64. The van der Waals surface area contributed by atoms with Gasteiger partial charge < -0.3 is 5.32 Å². The Morgan fingerprint density at radius 3 is 2.65 bits per heavy atom. The number of benzene rings is 1. The third-order valence-electron chi connectivity index (χ3n) is 4.12. The molecule has 2 unspecified atom stereocenters. The van der Waals surface area contributed by atoms with Crippen LogP contribution in [0.25, 0.3) is 0 Å².